The molecule has 2 aromatic rings. The van der Waals surface area contributed by atoms with Crippen molar-refractivity contribution in [1.29, 1.82) is 0 Å². The third-order valence-electron chi connectivity index (χ3n) is 1.93. The highest BCUT2D eigenvalue weighted by Gasteiger charge is 2.31. The van der Waals surface area contributed by atoms with Crippen LogP contribution in [0, 0.1) is 0 Å². The Balaban J connectivity index is 2.82. The van der Waals surface area contributed by atoms with E-state index in [1.807, 2.05) is 0 Å². The number of fused-ring (bicyclic) bond motifs is 1. The Kier molecular flexibility index (Phi) is 2.04. The van der Waals surface area contributed by atoms with E-state index in [-0.39, 0.29) is 10.5 Å². The van der Waals surface area contributed by atoms with E-state index in [1.165, 1.54) is 6.20 Å². The van der Waals surface area contributed by atoms with E-state index < -0.39 is 17.4 Å². The minimum atomic E-state index is -4.52. The highest BCUT2D eigenvalue weighted by molar-refractivity contribution is 6.33. The van der Waals surface area contributed by atoms with Crippen molar-refractivity contribution in [3.63, 3.8) is 0 Å². The summed E-state index contributed by atoms with van der Waals surface area (Å²) in [6.45, 7) is 0. The number of aromatic amines is 1. The van der Waals surface area contributed by atoms with Gasteiger partial charge in [-0.2, -0.15) is 13.2 Å². The quantitative estimate of drug-likeness (QED) is 0.749. The first-order chi connectivity index (χ1) is 6.89. The van der Waals surface area contributed by atoms with Gasteiger partial charge in [0.1, 0.15) is 0 Å². The zero-order valence-electron chi connectivity index (χ0n) is 7.10. The summed E-state index contributed by atoms with van der Waals surface area (Å²) in [5.74, 6) is 0. The molecular weight excluding hydrogens is 233 g/mol. The molecule has 80 valence electrons. The summed E-state index contributed by atoms with van der Waals surface area (Å²) in [5.41, 5.74) is -1.39. The van der Waals surface area contributed by atoms with Gasteiger partial charge in [0.2, 0.25) is 0 Å². The second-order valence-corrected chi connectivity index (χ2v) is 3.33. The van der Waals surface area contributed by atoms with Gasteiger partial charge < -0.3 is 4.98 Å². The summed E-state index contributed by atoms with van der Waals surface area (Å²) in [4.78, 5) is 13.3. The summed E-state index contributed by atoms with van der Waals surface area (Å²) >= 11 is 5.60. The van der Waals surface area contributed by atoms with Crippen LogP contribution in [0.15, 0.2) is 23.3 Å². The van der Waals surface area contributed by atoms with Gasteiger partial charge in [0.05, 0.1) is 16.1 Å². The zero-order chi connectivity index (χ0) is 11.2. The van der Waals surface area contributed by atoms with Crippen LogP contribution in [-0.4, -0.2) is 9.38 Å². The van der Waals surface area contributed by atoms with Crippen LogP contribution in [0.1, 0.15) is 5.56 Å². The molecule has 7 heteroatoms. The van der Waals surface area contributed by atoms with E-state index in [9.17, 15) is 18.0 Å². The van der Waals surface area contributed by atoms with Gasteiger partial charge in [-0.15, -0.1) is 0 Å². The number of alkyl halides is 3. The number of rotatable bonds is 0. The molecule has 0 saturated carbocycles. The van der Waals surface area contributed by atoms with Crippen molar-refractivity contribution in [3.8, 4) is 0 Å². The Morgan fingerprint density at radius 3 is 2.67 bits per heavy atom. The first-order valence-corrected chi connectivity index (χ1v) is 4.24. The molecule has 0 atom stereocenters. The van der Waals surface area contributed by atoms with Crippen LogP contribution in [-0.2, 0) is 6.18 Å². The summed E-state index contributed by atoms with van der Waals surface area (Å²) in [5, 5.41) is -0.122. The largest absolute Gasteiger partial charge is 0.417 e. The molecule has 1 N–H and O–H groups in total. The second-order valence-electron chi connectivity index (χ2n) is 2.92. The fraction of sp³-hybridized carbons (Fsp3) is 0.125. The molecule has 0 aromatic carbocycles. The molecule has 0 aliphatic carbocycles. The Labute approximate surface area is 86.1 Å². The Hall–Kier alpha value is -1.43. The number of pyridine rings is 1. The number of imidazole rings is 1. The predicted molar refractivity (Wildman–Crippen MR) is 48.0 cm³/mol. The van der Waals surface area contributed by atoms with Crippen LogP contribution in [0.2, 0.25) is 5.02 Å². The van der Waals surface area contributed by atoms with E-state index in [1.54, 1.807) is 0 Å². The molecule has 0 amide bonds. The van der Waals surface area contributed by atoms with Crippen molar-refractivity contribution < 1.29 is 13.2 Å². The summed E-state index contributed by atoms with van der Waals surface area (Å²) in [6.07, 6.45) is -2.56. The fourth-order valence-electron chi connectivity index (χ4n) is 1.23. The second kappa shape index (κ2) is 3.03. The van der Waals surface area contributed by atoms with Gasteiger partial charge in [0.25, 0.3) is 0 Å². The van der Waals surface area contributed by atoms with E-state index in [0.29, 0.717) is 6.20 Å². The molecule has 0 spiro atoms. The van der Waals surface area contributed by atoms with Crippen molar-refractivity contribution in [1.82, 2.24) is 9.38 Å². The van der Waals surface area contributed by atoms with Crippen LogP contribution >= 0.6 is 11.6 Å². The Morgan fingerprint density at radius 2 is 2.07 bits per heavy atom. The number of hydrogen-bond donors (Lipinski definition) is 1. The maximum atomic E-state index is 12.3. The van der Waals surface area contributed by atoms with E-state index in [0.717, 1.165) is 10.5 Å². The van der Waals surface area contributed by atoms with Gasteiger partial charge in [-0.25, -0.2) is 4.79 Å². The molecule has 0 unspecified atom stereocenters. The van der Waals surface area contributed by atoms with Crippen molar-refractivity contribution >= 4 is 17.1 Å². The van der Waals surface area contributed by atoms with Gasteiger partial charge >= 0.3 is 11.9 Å². The van der Waals surface area contributed by atoms with Crippen molar-refractivity contribution in [2.75, 3.05) is 0 Å². The lowest BCUT2D eigenvalue weighted by atomic mass is 10.2. The highest BCUT2D eigenvalue weighted by atomic mass is 35.5. The van der Waals surface area contributed by atoms with Crippen LogP contribution < -0.4 is 5.69 Å². The summed E-state index contributed by atoms with van der Waals surface area (Å²) in [6, 6.07) is 0.782. The lowest BCUT2D eigenvalue weighted by Gasteiger charge is -2.07. The molecule has 2 heterocycles. The van der Waals surface area contributed by atoms with E-state index >= 15 is 0 Å². The Morgan fingerprint density at radius 1 is 1.40 bits per heavy atom. The third-order valence-corrected chi connectivity index (χ3v) is 2.24. The molecule has 3 nitrogen and oxygen atoms in total. The highest BCUT2D eigenvalue weighted by Crippen LogP contribution is 2.31. The normalized spacial score (nSPS) is 12.3. The average Bonchev–Trinajstić information content (AvgIpc) is 2.47. The number of H-pyrrole nitrogens is 1. The van der Waals surface area contributed by atoms with Crippen LogP contribution in [0.25, 0.3) is 5.52 Å². The molecule has 0 bridgehead atoms. The standard InChI is InChI=1S/C8H4ClF3N2O/c9-5-1-4(8(10,11)12)3-14-6(5)2-13-7(14)15/h1-3H,(H,13,15). The molecule has 0 aliphatic rings. The topological polar surface area (TPSA) is 37.3 Å². The molecule has 2 aromatic heterocycles. The zero-order valence-corrected chi connectivity index (χ0v) is 7.86. The van der Waals surface area contributed by atoms with Gasteiger partial charge in [0, 0.05) is 12.4 Å². The average molecular weight is 237 g/mol. The number of nitrogens with one attached hydrogen (secondary N) is 1. The number of hydrogen-bond acceptors (Lipinski definition) is 1. The summed E-state index contributed by atoms with van der Waals surface area (Å²) in [7, 11) is 0. The predicted octanol–water partition coefficient (Wildman–Crippen LogP) is 2.30. The smallest absolute Gasteiger partial charge is 0.312 e. The van der Waals surface area contributed by atoms with Gasteiger partial charge in [-0.1, -0.05) is 11.6 Å². The van der Waals surface area contributed by atoms with Crippen molar-refractivity contribution in [3.05, 3.63) is 39.5 Å². The lowest BCUT2D eigenvalue weighted by molar-refractivity contribution is -0.137. The van der Waals surface area contributed by atoms with E-state index in [4.69, 9.17) is 11.6 Å². The van der Waals surface area contributed by atoms with Crippen LogP contribution in [0.5, 0.6) is 0 Å². The molecule has 0 fully saturated rings. The van der Waals surface area contributed by atoms with Gasteiger partial charge in [-0.05, 0) is 6.07 Å². The third kappa shape index (κ3) is 1.61. The number of halogens is 4. The maximum absolute atomic E-state index is 12.3. The molecule has 0 aliphatic heterocycles. The fourth-order valence-corrected chi connectivity index (χ4v) is 1.50. The van der Waals surface area contributed by atoms with Gasteiger partial charge in [0.15, 0.2) is 0 Å². The molecule has 2 rings (SSSR count). The Bertz CT molecular complexity index is 569. The van der Waals surface area contributed by atoms with Crippen LogP contribution in [0.3, 0.4) is 0 Å². The first-order valence-electron chi connectivity index (χ1n) is 3.86. The molecule has 15 heavy (non-hydrogen) atoms. The van der Waals surface area contributed by atoms with E-state index in [2.05, 4.69) is 4.98 Å². The van der Waals surface area contributed by atoms with Gasteiger partial charge in [-0.3, -0.25) is 4.40 Å². The number of nitrogens with zero attached hydrogens (tertiary/aromatic N) is 1. The maximum Gasteiger partial charge on any atom is 0.417 e. The monoisotopic (exact) mass is 236 g/mol. The molecule has 0 radical (unpaired) electrons. The number of aromatic nitrogens is 2. The minimum absolute atomic E-state index is 0.122. The lowest BCUT2D eigenvalue weighted by Crippen LogP contribution is -2.13. The van der Waals surface area contributed by atoms with Crippen molar-refractivity contribution in [2.45, 2.75) is 6.18 Å². The first kappa shape index (κ1) is 10.1. The minimum Gasteiger partial charge on any atom is -0.312 e. The van der Waals surface area contributed by atoms with Crippen LogP contribution in [0.4, 0.5) is 13.2 Å². The molecule has 0 saturated heterocycles. The summed E-state index contributed by atoms with van der Waals surface area (Å²) < 4.78 is 37.9. The van der Waals surface area contributed by atoms with Crippen molar-refractivity contribution in [2.24, 2.45) is 0 Å². The molecular formula is C8H4ClF3N2O. The SMILES string of the molecule is O=c1[nH]cc2c(Cl)cc(C(F)(F)F)cn12.